The number of aliphatic hydroxyl groups excluding tert-OH is 1. The number of nitrogens with one attached hydrogen (secondary N) is 2. The van der Waals surface area contributed by atoms with Crippen LogP contribution in [0.1, 0.15) is 36.1 Å². The van der Waals surface area contributed by atoms with Crippen molar-refractivity contribution in [1.29, 1.82) is 0 Å². The van der Waals surface area contributed by atoms with Gasteiger partial charge in [0, 0.05) is 6.08 Å². The third-order valence-electron chi connectivity index (χ3n) is 7.77. The summed E-state index contributed by atoms with van der Waals surface area (Å²) in [7, 11) is 2.76. The lowest BCUT2D eigenvalue weighted by Gasteiger charge is -2.15. The Bertz CT molecular complexity index is 2110. The number of hydrogen-bond donors (Lipinski definition) is 3. The van der Waals surface area contributed by atoms with Gasteiger partial charge in [-0.05, 0) is 72.5 Å². The normalized spacial score (nSPS) is 12.2. The van der Waals surface area contributed by atoms with Crippen LogP contribution >= 0.6 is 0 Å². The monoisotopic (exact) mass is 778 g/mol. The van der Waals surface area contributed by atoms with E-state index in [9.17, 15) is 29.1 Å². The fraction of sp³-hybridized carbons (Fsp3) is 0.186. The zero-order valence-corrected chi connectivity index (χ0v) is 31.6. The van der Waals surface area contributed by atoms with E-state index in [1.165, 1.54) is 70.6 Å². The van der Waals surface area contributed by atoms with E-state index in [1.54, 1.807) is 42.5 Å². The maximum atomic E-state index is 12.6. The smallest absolute Gasteiger partial charge is 0.408 e. The Hall–Kier alpha value is -7.35. The van der Waals surface area contributed by atoms with Crippen LogP contribution < -0.4 is 29.6 Å². The van der Waals surface area contributed by atoms with Crippen molar-refractivity contribution in [3.8, 4) is 23.0 Å². The molecule has 0 unspecified atom stereocenters. The van der Waals surface area contributed by atoms with E-state index in [0.29, 0.717) is 11.1 Å². The molecule has 4 aromatic rings. The number of alkyl carbamates (subject to hydrolysis) is 2. The number of benzene rings is 4. The van der Waals surface area contributed by atoms with Crippen molar-refractivity contribution in [2.75, 3.05) is 14.2 Å². The number of rotatable bonds is 17. The molecule has 57 heavy (non-hydrogen) atoms. The van der Waals surface area contributed by atoms with Crippen molar-refractivity contribution in [2.45, 2.75) is 39.1 Å². The summed E-state index contributed by atoms with van der Waals surface area (Å²) in [4.78, 5) is 62.1. The lowest BCUT2D eigenvalue weighted by molar-refractivity contribution is -0.137. The average molecular weight is 779 g/mol. The van der Waals surface area contributed by atoms with Gasteiger partial charge in [-0.15, -0.1) is 0 Å². The van der Waals surface area contributed by atoms with E-state index in [1.807, 2.05) is 36.4 Å². The minimum Gasteiger partial charge on any atom is -0.508 e. The molecule has 0 heterocycles. The molecule has 0 aliphatic heterocycles. The van der Waals surface area contributed by atoms with Crippen LogP contribution in [-0.2, 0) is 37.1 Å². The Morgan fingerprint density at radius 3 is 1.44 bits per heavy atom. The van der Waals surface area contributed by atoms with Gasteiger partial charge in [0.15, 0.2) is 28.8 Å². The maximum Gasteiger partial charge on any atom is 0.408 e. The van der Waals surface area contributed by atoms with Gasteiger partial charge < -0.3 is 44.2 Å². The van der Waals surface area contributed by atoms with Crippen LogP contribution in [0.2, 0.25) is 0 Å². The Balaban J connectivity index is 1.26. The van der Waals surface area contributed by atoms with E-state index in [-0.39, 0.29) is 42.0 Å². The molecule has 0 aliphatic rings. The Morgan fingerprint density at radius 2 is 1.02 bits per heavy atom. The SMILES string of the molecule is COc1cc(/C=C/C(=O)/C=C(O)/C=C/c2ccc(OC(=O)[C@@H](C)NC(=O)OCc3ccccc3)c(OC)c2)ccc1OC(=O)[C@@H](C)NC(=O)OCc1ccccc1. The summed E-state index contributed by atoms with van der Waals surface area (Å²) in [5, 5.41) is 15.2. The molecule has 2 atom stereocenters. The molecule has 4 rings (SSSR count). The summed E-state index contributed by atoms with van der Waals surface area (Å²) in [5.74, 6) is -1.80. The number of hydrogen-bond acceptors (Lipinski definition) is 12. The molecule has 0 fully saturated rings. The van der Waals surface area contributed by atoms with Gasteiger partial charge in [0.2, 0.25) is 0 Å². The fourth-order valence-electron chi connectivity index (χ4n) is 4.74. The van der Waals surface area contributed by atoms with E-state index in [0.717, 1.165) is 17.2 Å². The number of ketones is 1. The molecular weight excluding hydrogens is 736 g/mol. The molecule has 0 aromatic heterocycles. The largest absolute Gasteiger partial charge is 0.508 e. The number of methoxy groups -OCH3 is 2. The summed E-state index contributed by atoms with van der Waals surface area (Å²) >= 11 is 0. The number of amides is 2. The highest BCUT2D eigenvalue weighted by molar-refractivity contribution is 6.02. The molecule has 0 saturated carbocycles. The zero-order chi connectivity index (χ0) is 41.2. The molecule has 2 amide bonds. The number of aliphatic hydroxyl groups is 1. The molecule has 3 N–H and O–H groups in total. The van der Waals surface area contributed by atoms with Gasteiger partial charge in [-0.2, -0.15) is 0 Å². The Morgan fingerprint density at radius 1 is 0.596 bits per heavy atom. The molecule has 14 heteroatoms. The molecule has 0 saturated heterocycles. The van der Waals surface area contributed by atoms with Crippen LogP contribution in [-0.4, -0.2) is 61.3 Å². The van der Waals surface area contributed by atoms with Crippen LogP contribution in [0.15, 0.2) is 121 Å². The molecule has 14 nitrogen and oxygen atoms in total. The number of allylic oxidation sites excluding steroid dienone is 3. The van der Waals surface area contributed by atoms with Crippen molar-refractivity contribution in [3.63, 3.8) is 0 Å². The summed E-state index contributed by atoms with van der Waals surface area (Å²) in [6.07, 6.45) is 4.95. The lowest BCUT2D eigenvalue weighted by atomic mass is 10.1. The van der Waals surface area contributed by atoms with Gasteiger partial charge in [-0.3, -0.25) is 4.79 Å². The van der Waals surface area contributed by atoms with Gasteiger partial charge in [0.05, 0.1) is 14.2 Å². The van der Waals surface area contributed by atoms with Gasteiger partial charge in [0.1, 0.15) is 31.1 Å². The highest BCUT2D eigenvalue weighted by atomic mass is 16.6. The number of carbonyl (C=O) groups excluding carboxylic acids is 5. The van der Waals surface area contributed by atoms with Crippen LogP contribution in [0.4, 0.5) is 9.59 Å². The molecule has 4 aromatic carbocycles. The van der Waals surface area contributed by atoms with Crippen molar-refractivity contribution in [2.24, 2.45) is 0 Å². The number of carbonyl (C=O) groups is 5. The first kappa shape index (κ1) is 42.4. The van der Waals surface area contributed by atoms with E-state index < -0.39 is 42.0 Å². The van der Waals surface area contributed by atoms with Crippen LogP contribution in [0.25, 0.3) is 12.2 Å². The first-order chi connectivity index (χ1) is 27.4. The van der Waals surface area contributed by atoms with Crippen LogP contribution in [0.5, 0.6) is 23.0 Å². The molecular formula is C43H42N2O12. The molecule has 0 aliphatic carbocycles. The minimum atomic E-state index is -1.03. The fourth-order valence-corrected chi connectivity index (χ4v) is 4.74. The van der Waals surface area contributed by atoms with E-state index in [4.69, 9.17) is 28.4 Å². The van der Waals surface area contributed by atoms with Crippen LogP contribution in [0.3, 0.4) is 0 Å². The Kier molecular flexibility index (Phi) is 16.0. The maximum absolute atomic E-state index is 12.6. The van der Waals surface area contributed by atoms with Gasteiger partial charge in [0.25, 0.3) is 0 Å². The second-order valence-corrected chi connectivity index (χ2v) is 12.2. The van der Waals surface area contributed by atoms with Crippen molar-refractivity contribution in [3.05, 3.63) is 143 Å². The molecule has 0 spiro atoms. The first-order valence-electron chi connectivity index (χ1n) is 17.5. The van der Waals surface area contributed by atoms with Crippen LogP contribution in [0, 0.1) is 0 Å². The highest BCUT2D eigenvalue weighted by Crippen LogP contribution is 2.30. The van der Waals surface area contributed by atoms with Gasteiger partial charge >= 0.3 is 24.1 Å². The summed E-state index contributed by atoms with van der Waals surface area (Å²) in [6, 6.07) is 25.3. The number of esters is 2. The Labute approximate surface area is 329 Å². The predicted octanol–water partition coefficient (Wildman–Crippen LogP) is 6.88. The predicted molar refractivity (Wildman–Crippen MR) is 209 cm³/mol. The molecule has 0 bridgehead atoms. The quantitative estimate of drug-likeness (QED) is 0.0332. The van der Waals surface area contributed by atoms with E-state index in [2.05, 4.69) is 10.6 Å². The zero-order valence-electron chi connectivity index (χ0n) is 31.6. The molecule has 296 valence electrons. The van der Waals surface area contributed by atoms with E-state index >= 15 is 0 Å². The highest BCUT2D eigenvalue weighted by Gasteiger charge is 2.22. The second-order valence-electron chi connectivity index (χ2n) is 12.2. The lowest BCUT2D eigenvalue weighted by Crippen LogP contribution is -2.41. The third kappa shape index (κ3) is 14.1. The van der Waals surface area contributed by atoms with Crippen molar-refractivity contribution >= 4 is 42.1 Å². The average Bonchev–Trinajstić information content (AvgIpc) is 3.21. The second kappa shape index (κ2) is 21.5. The summed E-state index contributed by atoms with van der Waals surface area (Å²) < 4.78 is 31.8. The summed E-state index contributed by atoms with van der Waals surface area (Å²) in [6.45, 7) is 2.97. The summed E-state index contributed by atoms with van der Waals surface area (Å²) in [5.41, 5.74) is 2.66. The number of ether oxygens (including phenoxy) is 6. The van der Waals surface area contributed by atoms with Crippen molar-refractivity contribution in [1.82, 2.24) is 10.6 Å². The topological polar surface area (TPSA) is 185 Å². The molecule has 0 radical (unpaired) electrons. The standard InChI is InChI=1S/C43H42N2O12/c1-28(44-42(50)54-26-32-11-7-5-8-12-32)40(48)56-36-21-17-30(23-38(36)52-3)15-19-34(46)25-35(47)20-16-31-18-22-37(39(24-31)53-4)57-41(49)29(2)45-43(51)55-27-33-13-9-6-10-14-33/h5-25,28-29,46H,26-27H2,1-4H3,(H,44,50)(H,45,51)/b19-15+,20-16+,34-25-/t28-,29-/m1/s1. The van der Waals surface area contributed by atoms with Gasteiger partial charge in [-0.25, -0.2) is 19.2 Å². The third-order valence-corrected chi connectivity index (χ3v) is 7.77. The van der Waals surface area contributed by atoms with Crippen molar-refractivity contribution < 1.29 is 57.5 Å². The van der Waals surface area contributed by atoms with Gasteiger partial charge in [-0.1, -0.05) is 84.9 Å². The first-order valence-corrected chi connectivity index (χ1v) is 17.5. The minimum absolute atomic E-state index is 0.0381.